The molecular weight excluding hydrogens is 170 g/mol. The fourth-order valence-corrected chi connectivity index (χ4v) is 1.50. The van der Waals surface area contributed by atoms with E-state index in [9.17, 15) is 0 Å². The first-order valence-corrected chi connectivity index (χ1v) is 5.14. The first kappa shape index (κ1) is 10.8. The first-order valence-electron chi connectivity index (χ1n) is 5.14. The second kappa shape index (κ2) is 4.85. The van der Waals surface area contributed by atoms with E-state index >= 15 is 0 Å². The third-order valence-electron chi connectivity index (χ3n) is 2.17. The maximum absolute atomic E-state index is 3.45. The molecule has 0 aliphatic rings. The Morgan fingerprint density at radius 3 is 2.43 bits per heavy atom. The second-order valence-corrected chi connectivity index (χ2v) is 3.82. The van der Waals surface area contributed by atoms with Gasteiger partial charge in [-0.2, -0.15) is 0 Å². The molecular formula is C13H19N. The molecule has 0 aliphatic heterocycles. The Balaban J connectivity index is 2.96. The van der Waals surface area contributed by atoms with E-state index in [0.717, 1.165) is 0 Å². The van der Waals surface area contributed by atoms with Gasteiger partial charge in [0.2, 0.25) is 0 Å². The summed E-state index contributed by atoms with van der Waals surface area (Å²) in [6.07, 6.45) is 2.13. The summed E-state index contributed by atoms with van der Waals surface area (Å²) in [5.74, 6) is 0. The van der Waals surface area contributed by atoms with Crippen molar-refractivity contribution in [3.8, 4) is 0 Å². The molecule has 0 aromatic heterocycles. The first-order chi connectivity index (χ1) is 6.65. The van der Waals surface area contributed by atoms with Gasteiger partial charge >= 0.3 is 0 Å². The van der Waals surface area contributed by atoms with Crippen LogP contribution >= 0.6 is 0 Å². The van der Waals surface area contributed by atoms with Crippen LogP contribution in [0.5, 0.6) is 0 Å². The highest BCUT2D eigenvalue weighted by atomic mass is 14.9. The SMILES string of the molecule is C/C=C(/NC(C)C)c1ccccc1C. The largest absolute Gasteiger partial charge is 0.383 e. The van der Waals surface area contributed by atoms with Crippen LogP contribution in [0.1, 0.15) is 31.9 Å². The highest BCUT2D eigenvalue weighted by Gasteiger charge is 2.03. The number of hydrogen-bond donors (Lipinski definition) is 1. The van der Waals surface area contributed by atoms with Crippen molar-refractivity contribution in [1.29, 1.82) is 0 Å². The topological polar surface area (TPSA) is 12.0 Å². The van der Waals surface area contributed by atoms with Gasteiger partial charge in [0, 0.05) is 17.3 Å². The van der Waals surface area contributed by atoms with Gasteiger partial charge in [0.1, 0.15) is 0 Å². The van der Waals surface area contributed by atoms with Crippen molar-refractivity contribution in [2.45, 2.75) is 33.7 Å². The molecule has 1 aromatic rings. The fourth-order valence-electron chi connectivity index (χ4n) is 1.50. The van der Waals surface area contributed by atoms with Crippen LogP contribution in [0.15, 0.2) is 30.3 Å². The van der Waals surface area contributed by atoms with Crippen molar-refractivity contribution in [3.05, 3.63) is 41.5 Å². The van der Waals surface area contributed by atoms with Crippen LogP contribution in [0, 0.1) is 6.92 Å². The van der Waals surface area contributed by atoms with Gasteiger partial charge in [-0.1, -0.05) is 30.3 Å². The number of aryl methyl sites for hydroxylation is 1. The summed E-state index contributed by atoms with van der Waals surface area (Å²) in [5.41, 5.74) is 3.83. The number of benzene rings is 1. The standard InChI is InChI=1S/C13H19N/c1-5-13(14-10(2)3)12-9-7-6-8-11(12)4/h5-10,14H,1-4H3/b13-5+. The molecule has 14 heavy (non-hydrogen) atoms. The molecule has 1 nitrogen and oxygen atoms in total. The molecule has 0 radical (unpaired) electrons. The zero-order valence-electron chi connectivity index (χ0n) is 9.46. The smallest absolute Gasteiger partial charge is 0.0375 e. The molecule has 1 N–H and O–H groups in total. The normalized spacial score (nSPS) is 11.9. The average molecular weight is 189 g/mol. The van der Waals surface area contributed by atoms with Crippen molar-refractivity contribution in [2.24, 2.45) is 0 Å². The molecule has 0 atom stereocenters. The third kappa shape index (κ3) is 2.63. The van der Waals surface area contributed by atoms with Crippen LogP contribution in [-0.4, -0.2) is 6.04 Å². The Labute approximate surface area is 86.8 Å². The Kier molecular flexibility index (Phi) is 3.75. The third-order valence-corrected chi connectivity index (χ3v) is 2.17. The Morgan fingerprint density at radius 1 is 1.29 bits per heavy atom. The predicted molar refractivity (Wildman–Crippen MR) is 63.1 cm³/mol. The molecule has 0 heterocycles. The van der Waals surface area contributed by atoms with Crippen molar-refractivity contribution in [1.82, 2.24) is 5.32 Å². The van der Waals surface area contributed by atoms with Crippen molar-refractivity contribution >= 4 is 5.70 Å². The van der Waals surface area contributed by atoms with Gasteiger partial charge in [-0.25, -0.2) is 0 Å². The number of allylic oxidation sites excluding steroid dienone is 1. The number of rotatable bonds is 3. The lowest BCUT2D eigenvalue weighted by Crippen LogP contribution is -2.21. The summed E-state index contributed by atoms with van der Waals surface area (Å²) in [6.45, 7) is 8.52. The molecule has 0 saturated carbocycles. The lowest BCUT2D eigenvalue weighted by atomic mass is 10.1. The minimum absolute atomic E-state index is 0.473. The maximum atomic E-state index is 3.45. The quantitative estimate of drug-likeness (QED) is 0.769. The molecule has 0 unspecified atom stereocenters. The molecule has 1 rings (SSSR count). The van der Waals surface area contributed by atoms with E-state index in [0.29, 0.717) is 6.04 Å². The summed E-state index contributed by atoms with van der Waals surface area (Å²) < 4.78 is 0. The highest BCUT2D eigenvalue weighted by molar-refractivity contribution is 5.66. The van der Waals surface area contributed by atoms with Crippen LogP contribution < -0.4 is 5.32 Å². The summed E-state index contributed by atoms with van der Waals surface area (Å²) in [5, 5.41) is 3.45. The molecule has 0 bridgehead atoms. The van der Waals surface area contributed by atoms with Gasteiger partial charge in [0.05, 0.1) is 0 Å². The summed E-state index contributed by atoms with van der Waals surface area (Å²) in [7, 11) is 0. The molecule has 76 valence electrons. The highest BCUT2D eigenvalue weighted by Crippen LogP contribution is 2.16. The van der Waals surface area contributed by atoms with E-state index in [1.807, 2.05) is 0 Å². The fraction of sp³-hybridized carbons (Fsp3) is 0.385. The summed E-state index contributed by atoms with van der Waals surface area (Å²) >= 11 is 0. The van der Waals surface area contributed by atoms with E-state index in [-0.39, 0.29) is 0 Å². The van der Waals surface area contributed by atoms with E-state index in [4.69, 9.17) is 0 Å². The van der Waals surface area contributed by atoms with E-state index < -0.39 is 0 Å². The molecule has 0 saturated heterocycles. The molecule has 0 amide bonds. The van der Waals surface area contributed by atoms with Crippen LogP contribution in [0.2, 0.25) is 0 Å². The summed E-state index contributed by atoms with van der Waals surface area (Å²) in [4.78, 5) is 0. The minimum atomic E-state index is 0.473. The predicted octanol–water partition coefficient (Wildman–Crippen LogP) is 3.35. The molecule has 1 aromatic carbocycles. The minimum Gasteiger partial charge on any atom is -0.383 e. The van der Waals surface area contributed by atoms with Gasteiger partial charge in [0.25, 0.3) is 0 Å². The van der Waals surface area contributed by atoms with E-state index in [1.165, 1.54) is 16.8 Å². The Hall–Kier alpha value is -1.24. The van der Waals surface area contributed by atoms with Crippen LogP contribution in [0.25, 0.3) is 5.70 Å². The average Bonchev–Trinajstić information content (AvgIpc) is 2.15. The number of hydrogen-bond acceptors (Lipinski definition) is 1. The van der Waals surface area contributed by atoms with Gasteiger partial charge < -0.3 is 5.32 Å². The van der Waals surface area contributed by atoms with Crippen molar-refractivity contribution in [3.63, 3.8) is 0 Å². The zero-order valence-corrected chi connectivity index (χ0v) is 9.46. The van der Waals surface area contributed by atoms with Crippen LogP contribution in [0.4, 0.5) is 0 Å². The second-order valence-electron chi connectivity index (χ2n) is 3.82. The molecule has 1 heteroatoms. The monoisotopic (exact) mass is 189 g/mol. The Morgan fingerprint density at radius 2 is 1.93 bits per heavy atom. The van der Waals surface area contributed by atoms with Gasteiger partial charge in [-0.3, -0.25) is 0 Å². The summed E-state index contributed by atoms with van der Waals surface area (Å²) in [6, 6.07) is 8.91. The molecule has 0 fully saturated rings. The maximum Gasteiger partial charge on any atom is 0.0375 e. The van der Waals surface area contributed by atoms with E-state index in [1.54, 1.807) is 0 Å². The Bertz CT molecular complexity index is 324. The van der Waals surface area contributed by atoms with Crippen LogP contribution in [-0.2, 0) is 0 Å². The van der Waals surface area contributed by atoms with Gasteiger partial charge in [-0.15, -0.1) is 0 Å². The van der Waals surface area contributed by atoms with Crippen molar-refractivity contribution < 1.29 is 0 Å². The van der Waals surface area contributed by atoms with Crippen LogP contribution in [0.3, 0.4) is 0 Å². The molecule has 0 spiro atoms. The molecule has 0 aliphatic carbocycles. The number of nitrogens with one attached hydrogen (secondary N) is 1. The lowest BCUT2D eigenvalue weighted by Gasteiger charge is -2.15. The van der Waals surface area contributed by atoms with Gasteiger partial charge in [0.15, 0.2) is 0 Å². The van der Waals surface area contributed by atoms with Crippen molar-refractivity contribution in [2.75, 3.05) is 0 Å². The zero-order chi connectivity index (χ0) is 10.6. The lowest BCUT2D eigenvalue weighted by molar-refractivity contribution is 0.716. The van der Waals surface area contributed by atoms with Gasteiger partial charge in [-0.05, 0) is 33.3 Å². The van der Waals surface area contributed by atoms with E-state index in [2.05, 4.69) is 63.4 Å².